The summed E-state index contributed by atoms with van der Waals surface area (Å²) < 4.78 is 2.24. The Morgan fingerprint density at radius 2 is 1.86 bits per heavy atom. The van der Waals surface area contributed by atoms with Gasteiger partial charge in [-0.3, -0.25) is 4.98 Å². The molecule has 0 saturated carbocycles. The predicted molar refractivity (Wildman–Crippen MR) is 87.0 cm³/mol. The summed E-state index contributed by atoms with van der Waals surface area (Å²) in [4.78, 5) is 9.34. The lowest BCUT2D eigenvalue weighted by Crippen LogP contribution is -2.08. The normalized spacial score (nSPS) is 11.2. The van der Waals surface area contributed by atoms with Gasteiger partial charge >= 0.3 is 0 Å². The fourth-order valence-electron chi connectivity index (χ4n) is 2.71. The number of benzene rings is 1. The molecule has 0 N–H and O–H groups in total. The Hall–Kier alpha value is -1.87. The first-order chi connectivity index (χ1) is 10.2. The lowest BCUT2D eigenvalue weighted by Gasteiger charge is -2.10. The van der Waals surface area contributed by atoms with E-state index in [1.807, 2.05) is 25.1 Å². The van der Waals surface area contributed by atoms with Crippen LogP contribution in [0.4, 0.5) is 0 Å². The molecule has 3 rings (SSSR count). The van der Waals surface area contributed by atoms with Crippen LogP contribution in [0.25, 0.3) is 11.0 Å². The fourth-order valence-corrected chi connectivity index (χ4v) is 2.88. The van der Waals surface area contributed by atoms with Crippen LogP contribution in [0.3, 0.4) is 0 Å². The van der Waals surface area contributed by atoms with Gasteiger partial charge in [-0.2, -0.15) is 0 Å². The number of fused-ring (bicyclic) bond motifs is 1. The third-order valence-electron chi connectivity index (χ3n) is 3.63. The van der Waals surface area contributed by atoms with E-state index in [-0.39, 0.29) is 0 Å². The lowest BCUT2D eigenvalue weighted by molar-refractivity contribution is 0.734. The molecule has 21 heavy (non-hydrogen) atoms. The summed E-state index contributed by atoms with van der Waals surface area (Å²) in [5, 5.41) is 0. The van der Waals surface area contributed by atoms with Gasteiger partial charge in [0, 0.05) is 18.0 Å². The number of aryl methyl sites for hydroxylation is 3. The van der Waals surface area contributed by atoms with E-state index < -0.39 is 0 Å². The van der Waals surface area contributed by atoms with Crippen LogP contribution in [-0.4, -0.2) is 20.4 Å². The Kier molecular flexibility index (Phi) is 3.93. The van der Waals surface area contributed by atoms with Gasteiger partial charge in [-0.25, -0.2) is 4.98 Å². The van der Waals surface area contributed by atoms with Gasteiger partial charge in [0.25, 0.3) is 0 Å². The zero-order valence-electron chi connectivity index (χ0n) is 12.3. The summed E-state index contributed by atoms with van der Waals surface area (Å²) in [6, 6.07) is 12.3. The van der Waals surface area contributed by atoms with Crippen LogP contribution in [0.5, 0.6) is 0 Å². The number of hydrogen-bond acceptors (Lipinski definition) is 2. The van der Waals surface area contributed by atoms with Crippen molar-refractivity contribution in [1.82, 2.24) is 14.5 Å². The minimum atomic E-state index is 0.573. The zero-order valence-corrected chi connectivity index (χ0v) is 13.1. The second-order valence-corrected chi connectivity index (χ2v) is 5.64. The molecule has 0 fully saturated rings. The van der Waals surface area contributed by atoms with Crippen molar-refractivity contribution in [3.8, 4) is 0 Å². The molecule has 0 aliphatic heterocycles. The second kappa shape index (κ2) is 5.86. The summed E-state index contributed by atoms with van der Waals surface area (Å²) in [6.45, 7) is 4.87. The Bertz CT molecular complexity index is 777. The number of para-hydroxylation sites is 1. The average molecular weight is 300 g/mol. The molecule has 4 heteroatoms. The first-order valence-corrected chi connectivity index (χ1v) is 7.65. The van der Waals surface area contributed by atoms with Crippen molar-refractivity contribution in [2.45, 2.75) is 26.8 Å². The molecule has 0 unspecified atom stereocenters. The van der Waals surface area contributed by atoms with Gasteiger partial charge in [-0.1, -0.05) is 18.2 Å². The first-order valence-electron chi connectivity index (χ1n) is 7.12. The van der Waals surface area contributed by atoms with E-state index in [1.165, 1.54) is 11.1 Å². The van der Waals surface area contributed by atoms with E-state index in [0.717, 1.165) is 35.7 Å². The largest absolute Gasteiger partial charge is 0.322 e. The maximum absolute atomic E-state index is 5.93. The predicted octanol–water partition coefficient (Wildman–Crippen LogP) is 3.88. The number of aromatic nitrogens is 3. The molecule has 3 nitrogen and oxygen atoms in total. The van der Waals surface area contributed by atoms with Crippen LogP contribution in [0, 0.1) is 13.8 Å². The van der Waals surface area contributed by atoms with Crippen LogP contribution in [0.2, 0.25) is 0 Å². The molecule has 0 amide bonds. The molecule has 0 bridgehead atoms. The highest BCUT2D eigenvalue weighted by Gasteiger charge is 2.13. The van der Waals surface area contributed by atoms with Gasteiger partial charge in [-0.05, 0) is 37.6 Å². The first kappa shape index (κ1) is 14.1. The highest BCUT2D eigenvalue weighted by atomic mass is 35.5. The molecule has 0 saturated heterocycles. The van der Waals surface area contributed by atoms with E-state index in [4.69, 9.17) is 16.6 Å². The van der Waals surface area contributed by atoms with E-state index in [0.29, 0.717) is 5.88 Å². The smallest absolute Gasteiger partial charge is 0.111 e. The van der Waals surface area contributed by atoms with Crippen molar-refractivity contribution in [3.63, 3.8) is 0 Å². The minimum absolute atomic E-state index is 0.573. The number of pyridine rings is 1. The summed E-state index contributed by atoms with van der Waals surface area (Å²) in [7, 11) is 0. The average Bonchev–Trinajstić information content (AvgIpc) is 2.79. The van der Waals surface area contributed by atoms with E-state index in [9.17, 15) is 0 Å². The Labute approximate surface area is 129 Å². The van der Waals surface area contributed by atoms with Crippen molar-refractivity contribution >= 4 is 22.6 Å². The summed E-state index contributed by atoms with van der Waals surface area (Å²) >= 11 is 5.93. The van der Waals surface area contributed by atoms with Crippen molar-refractivity contribution < 1.29 is 0 Å². The summed E-state index contributed by atoms with van der Waals surface area (Å²) in [5.41, 5.74) is 5.53. The van der Waals surface area contributed by atoms with Gasteiger partial charge in [0.15, 0.2) is 0 Å². The SMILES string of the molecule is Cc1cccc(Cn2c(CCCl)nc3cccc(C)c32)n1. The monoisotopic (exact) mass is 299 g/mol. The Morgan fingerprint density at radius 3 is 2.62 bits per heavy atom. The maximum Gasteiger partial charge on any atom is 0.111 e. The van der Waals surface area contributed by atoms with E-state index >= 15 is 0 Å². The molecular formula is C17H18ClN3. The van der Waals surface area contributed by atoms with Crippen LogP contribution < -0.4 is 0 Å². The van der Waals surface area contributed by atoms with Crippen molar-refractivity contribution in [2.75, 3.05) is 5.88 Å². The van der Waals surface area contributed by atoms with Crippen molar-refractivity contribution in [3.05, 3.63) is 59.2 Å². The van der Waals surface area contributed by atoms with Crippen LogP contribution in [0.1, 0.15) is 22.8 Å². The molecule has 2 aromatic heterocycles. The lowest BCUT2D eigenvalue weighted by atomic mass is 10.2. The highest BCUT2D eigenvalue weighted by Crippen LogP contribution is 2.21. The molecule has 0 aliphatic rings. The van der Waals surface area contributed by atoms with Crippen LogP contribution in [-0.2, 0) is 13.0 Å². The number of rotatable bonds is 4. The number of alkyl halides is 1. The van der Waals surface area contributed by atoms with Crippen LogP contribution in [0.15, 0.2) is 36.4 Å². The molecule has 3 aromatic rings. The highest BCUT2D eigenvalue weighted by molar-refractivity contribution is 6.17. The summed E-state index contributed by atoms with van der Waals surface area (Å²) in [6.07, 6.45) is 0.765. The number of imidazole rings is 1. The Balaban J connectivity index is 2.12. The van der Waals surface area contributed by atoms with E-state index in [1.54, 1.807) is 0 Å². The second-order valence-electron chi connectivity index (χ2n) is 5.27. The van der Waals surface area contributed by atoms with Gasteiger partial charge in [0.1, 0.15) is 5.82 Å². The molecule has 1 aromatic carbocycles. The minimum Gasteiger partial charge on any atom is -0.322 e. The van der Waals surface area contributed by atoms with E-state index in [2.05, 4.69) is 34.7 Å². The van der Waals surface area contributed by atoms with Gasteiger partial charge in [-0.15, -0.1) is 11.6 Å². The molecule has 2 heterocycles. The number of nitrogens with zero attached hydrogens (tertiary/aromatic N) is 3. The quantitative estimate of drug-likeness (QED) is 0.685. The third-order valence-corrected chi connectivity index (χ3v) is 3.82. The zero-order chi connectivity index (χ0) is 14.8. The number of hydrogen-bond donors (Lipinski definition) is 0. The molecule has 0 radical (unpaired) electrons. The van der Waals surface area contributed by atoms with Crippen LogP contribution >= 0.6 is 11.6 Å². The van der Waals surface area contributed by atoms with Crippen molar-refractivity contribution in [2.24, 2.45) is 0 Å². The van der Waals surface area contributed by atoms with Gasteiger partial charge in [0.2, 0.25) is 0 Å². The third kappa shape index (κ3) is 2.79. The molecule has 0 aliphatic carbocycles. The molecule has 108 valence electrons. The standard InChI is InChI=1S/C17H18ClN3/c1-12-5-3-8-15-17(12)21(16(20-15)9-10-18)11-14-7-4-6-13(2)19-14/h3-8H,9-11H2,1-2H3. The van der Waals surface area contributed by atoms with Crippen molar-refractivity contribution in [1.29, 1.82) is 0 Å². The molecule has 0 atom stereocenters. The van der Waals surface area contributed by atoms with Gasteiger partial charge < -0.3 is 4.57 Å². The van der Waals surface area contributed by atoms with Gasteiger partial charge in [0.05, 0.1) is 23.3 Å². The summed E-state index contributed by atoms with van der Waals surface area (Å²) in [5.74, 6) is 1.60. The Morgan fingerprint density at radius 1 is 1.05 bits per heavy atom. The number of halogens is 1. The molecule has 0 spiro atoms. The maximum atomic E-state index is 5.93. The molecular weight excluding hydrogens is 282 g/mol. The fraction of sp³-hybridized carbons (Fsp3) is 0.294. The topological polar surface area (TPSA) is 30.7 Å².